The number of nitrogens with one attached hydrogen (secondary N) is 1. The van der Waals surface area contributed by atoms with Crippen molar-refractivity contribution in [3.05, 3.63) is 77.8 Å². The van der Waals surface area contributed by atoms with Crippen molar-refractivity contribution in [2.75, 3.05) is 18.5 Å². The summed E-state index contributed by atoms with van der Waals surface area (Å²) in [5, 5.41) is 21.0. The highest BCUT2D eigenvalue weighted by Gasteiger charge is 2.12. The average Bonchev–Trinajstić information content (AvgIpc) is 2.62. The molecule has 0 spiro atoms. The van der Waals surface area contributed by atoms with Crippen molar-refractivity contribution < 1.29 is 14.3 Å². The molecule has 0 aromatic heterocycles. The van der Waals surface area contributed by atoms with Crippen LogP contribution >= 0.6 is 0 Å². The summed E-state index contributed by atoms with van der Waals surface area (Å²) in [6.07, 6.45) is 1.42. The Kier molecular flexibility index (Phi) is 6.69. The fourth-order valence-electron chi connectivity index (χ4n) is 2.19. The van der Waals surface area contributed by atoms with E-state index in [4.69, 9.17) is 0 Å². The van der Waals surface area contributed by atoms with Gasteiger partial charge in [-0.05, 0) is 29.8 Å². The van der Waals surface area contributed by atoms with Crippen molar-refractivity contribution in [2.24, 2.45) is 0 Å². The van der Waals surface area contributed by atoms with Gasteiger partial charge in [-0.2, -0.15) is 5.26 Å². The predicted molar refractivity (Wildman–Crippen MR) is 92.7 cm³/mol. The highest BCUT2D eigenvalue weighted by Crippen LogP contribution is 2.11. The van der Waals surface area contributed by atoms with Crippen LogP contribution in [0.4, 0.5) is 10.1 Å². The van der Waals surface area contributed by atoms with Gasteiger partial charge in [0.25, 0.3) is 5.91 Å². The van der Waals surface area contributed by atoms with Gasteiger partial charge in [-0.15, -0.1) is 0 Å². The van der Waals surface area contributed by atoms with Crippen molar-refractivity contribution in [3.63, 3.8) is 0 Å². The van der Waals surface area contributed by atoms with Crippen LogP contribution in [0.1, 0.15) is 5.56 Å². The molecule has 2 aromatic rings. The molecule has 2 N–H and O–H groups in total. The molecule has 128 valence electrons. The number of rotatable bonds is 7. The van der Waals surface area contributed by atoms with Crippen LogP contribution in [-0.2, 0) is 11.3 Å². The Morgan fingerprint density at radius 2 is 1.88 bits per heavy atom. The number of nitrogens with zero attached hydrogens (tertiary/aromatic N) is 2. The van der Waals surface area contributed by atoms with E-state index in [1.807, 2.05) is 36.4 Å². The monoisotopic (exact) mass is 339 g/mol. The molecule has 0 heterocycles. The number of hydrogen-bond acceptors (Lipinski definition) is 4. The Balaban J connectivity index is 2.12. The van der Waals surface area contributed by atoms with Crippen LogP contribution in [0, 0.1) is 17.1 Å². The SMILES string of the molecule is N#C/C(=C/N(CCO)Cc1ccccc1)C(=O)Nc1ccc(F)cc1. The normalized spacial score (nSPS) is 10.8. The molecule has 0 saturated carbocycles. The fourth-order valence-corrected chi connectivity index (χ4v) is 2.19. The lowest BCUT2D eigenvalue weighted by molar-refractivity contribution is -0.112. The molecule has 2 aromatic carbocycles. The molecule has 0 aliphatic rings. The van der Waals surface area contributed by atoms with Crippen molar-refractivity contribution in [1.82, 2.24) is 4.90 Å². The first-order chi connectivity index (χ1) is 12.1. The fraction of sp³-hybridized carbons (Fsp3) is 0.158. The smallest absolute Gasteiger partial charge is 0.267 e. The zero-order valence-electron chi connectivity index (χ0n) is 13.5. The number of amides is 1. The van der Waals surface area contributed by atoms with Gasteiger partial charge in [0.2, 0.25) is 0 Å². The second-order valence-electron chi connectivity index (χ2n) is 5.30. The quantitative estimate of drug-likeness (QED) is 0.601. The highest BCUT2D eigenvalue weighted by atomic mass is 19.1. The van der Waals surface area contributed by atoms with Gasteiger partial charge < -0.3 is 15.3 Å². The van der Waals surface area contributed by atoms with Crippen molar-refractivity contribution in [1.29, 1.82) is 5.26 Å². The van der Waals surface area contributed by atoms with E-state index in [0.29, 0.717) is 12.2 Å². The molecule has 0 atom stereocenters. The standard InChI is InChI=1S/C19H18FN3O2/c20-17-6-8-18(9-7-17)22-19(25)16(12-21)14-23(10-11-24)13-15-4-2-1-3-5-15/h1-9,14,24H,10-11,13H2,(H,22,25)/b16-14-. The molecule has 25 heavy (non-hydrogen) atoms. The molecule has 0 radical (unpaired) electrons. The van der Waals surface area contributed by atoms with E-state index in [2.05, 4.69) is 5.32 Å². The minimum Gasteiger partial charge on any atom is -0.395 e. The van der Waals surface area contributed by atoms with Crippen molar-refractivity contribution in [2.45, 2.75) is 6.54 Å². The Morgan fingerprint density at radius 1 is 1.20 bits per heavy atom. The summed E-state index contributed by atoms with van der Waals surface area (Å²) in [5.41, 5.74) is 1.28. The number of halogens is 1. The number of anilines is 1. The second-order valence-corrected chi connectivity index (χ2v) is 5.30. The summed E-state index contributed by atoms with van der Waals surface area (Å²) in [6.45, 7) is 0.627. The molecular formula is C19H18FN3O2. The van der Waals surface area contributed by atoms with E-state index in [0.717, 1.165) is 5.56 Å². The van der Waals surface area contributed by atoms with Crippen LogP contribution < -0.4 is 5.32 Å². The lowest BCUT2D eigenvalue weighted by Gasteiger charge is -2.20. The summed E-state index contributed by atoms with van der Waals surface area (Å²) in [5.74, 6) is -1.00. The number of carbonyl (C=O) groups excluding carboxylic acids is 1. The minimum atomic E-state index is -0.592. The van der Waals surface area contributed by atoms with Crippen LogP contribution in [0.15, 0.2) is 66.4 Å². The maximum absolute atomic E-state index is 12.9. The summed E-state index contributed by atoms with van der Waals surface area (Å²) >= 11 is 0. The minimum absolute atomic E-state index is 0.103. The second kappa shape index (κ2) is 9.21. The molecule has 0 aliphatic heterocycles. The van der Waals surface area contributed by atoms with Gasteiger partial charge in [-0.3, -0.25) is 4.79 Å². The molecular weight excluding hydrogens is 321 g/mol. The van der Waals surface area contributed by atoms with Gasteiger partial charge in [0.15, 0.2) is 0 Å². The summed E-state index contributed by atoms with van der Waals surface area (Å²) in [4.78, 5) is 13.9. The number of benzene rings is 2. The molecule has 0 unspecified atom stereocenters. The zero-order chi connectivity index (χ0) is 18.1. The van der Waals surface area contributed by atoms with Crippen LogP contribution in [0.2, 0.25) is 0 Å². The summed E-state index contributed by atoms with van der Waals surface area (Å²) < 4.78 is 12.9. The van der Waals surface area contributed by atoms with Gasteiger partial charge in [0.1, 0.15) is 17.5 Å². The highest BCUT2D eigenvalue weighted by molar-refractivity contribution is 6.06. The molecule has 0 saturated heterocycles. The first-order valence-electron chi connectivity index (χ1n) is 7.70. The van der Waals surface area contributed by atoms with Crippen LogP contribution in [0.25, 0.3) is 0 Å². The van der Waals surface area contributed by atoms with Crippen LogP contribution in [0.3, 0.4) is 0 Å². The van der Waals surface area contributed by atoms with Gasteiger partial charge >= 0.3 is 0 Å². The molecule has 6 heteroatoms. The summed E-state index contributed by atoms with van der Waals surface area (Å²) in [6, 6.07) is 16.6. The first kappa shape index (κ1) is 18.2. The molecule has 5 nitrogen and oxygen atoms in total. The molecule has 0 fully saturated rings. The average molecular weight is 339 g/mol. The third-order valence-corrected chi connectivity index (χ3v) is 3.39. The number of aliphatic hydroxyl groups is 1. The van der Waals surface area contributed by atoms with E-state index in [1.54, 1.807) is 4.90 Å². The zero-order valence-corrected chi connectivity index (χ0v) is 13.5. The number of aliphatic hydroxyl groups excluding tert-OH is 1. The Bertz CT molecular complexity index is 768. The van der Waals surface area contributed by atoms with Gasteiger partial charge in [0, 0.05) is 25.0 Å². The Labute approximate surface area is 145 Å². The van der Waals surface area contributed by atoms with E-state index < -0.39 is 11.7 Å². The molecule has 2 rings (SSSR count). The number of carbonyl (C=O) groups is 1. The molecule has 0 aliphatic carbocycles. The first-order valence-corrected chi connectivity index (χ1v) is 7.70. The number of hydrogen-bond donors (Lipinski definition) is 2. The topological polar surface area (TPSA) is 76.4 Å². The maximum atomic E-state index is 12.9. The van der Waals surface area contributed by atoms with Gasteiger partial charge in [-0.25, -0.2) is 4.39 Å². The summed E-state index contributed by atoms with van der Waals surface area (Å²) in [7, 11) is 0. The van der Waals surface area contributed by atoms with Crippen LogP contribution in [0.5, 0.6) is 0 Å². The lowest BCUT2D eigenvalue weighted by Crippen LogP contribution is -2.23. The van der Waals surface area contributed by atoms with Crippen molar-refractivity contribution in [3.8, 4) is 6.07 Å². The Hall–Kier alpha value is -3.17. The third-order valence-electron chi connectivity index (χ3n) is 3.39. The van der Waals surface area contributed by atoms with E-state index in [1.165, 1.54) is 30.5 Å². The van der Waals surface area contributed by atoms with E-state index >= 15 is 0 Å². The number of nitriles is 1. The largest absolute Gasteiger partial charge is 0.395 e. The lowest BCUT2D eigenvalue weighted by atomic mass is 10.2. The van der Waals surface area contributed by atoms with Crippen molar-refractivity contribution >= 4 is 11.6 Å². The Morgan fingerprint density at radius 3 is 2.48 bits per heavy atom. The van der Waals surface area contributed by atoms with E-state index in [9.17, 15) is 19.6 Å². The van der Waals surface area contributed by atoms with Gasteiger partial charge in [0.05, 0.1) is 6.61 Å². The molecule has 1 amide bonds. The van der Waals surface area contributed by atoms with Gasteiger partial charge in [-0.1, -0.05) is 30.3 Å². The predicted octanol–water partition coefficient (Wildman–Crippen LogP) is 2.67. The van der Waals surface area contributed by atoms with E-state index in [-0.39, 0.29) is 18.7 Å². The maximum Gasteiger partial charge on any atom is 0.267 e. The third kappa shape index (κ3) is 5.75. The molecule has 0 bridgehead atoms. The van der Waals surface area contributed by atoms with Crippen LogP contribution in [-0.4, -0.2) is 29.1 Å².